The molecule has 0 aliphatic carbocycles. The number of nitrogen functional groups attached to an aromatic ring is 1. The zero-order valence-electron chi connectivity index (χ0n) is 9.90. The van der Waals surface area contributed by atoms with Crippen molar-refractivity contribution in [2.75, 3.05) is 11.1 Å². The minimum atomic E-state index is -2.52. The molecule has 2 aliphatic rings. The fraction of sp³-hybridized carbons (Fsp3) is 0.538. The van der Waals surface area contributed by atoms with Crippen LogP contribution in [0.3, 0.4) is 0 Å². The van der Waals surface area contributed by atoms with Gasteiger partial charge in [-0.15, -0.1) is 0 Å². The summed E-state index contributed by atoms with van der Waals surface area (Å²) in [4.78, 5) is 0. The summed E-state index contributed by atoms with van der Waals surface area (Å²) in [5.41, 5.74) is 6.35. The summed E-state index contributed by atoms with van der Waals surface area (Å²) < 4.78 is 31.6. The van der Waals surface area contributed by atoms with E-state index in [1.54, 1.807) is 12.1 Å². The third-order valence-electron chi connectivity index (χ3n) is 3.76. The number of ether oxygens (including phenoxy) is 1. The van der Waals surface area contributed by atoms with Crippen LogP contribution in [0.1, 0.15) is 31.3 Å². The van der Waals surface area contributed by atoms with Crippen molar-refractivity contribution in [1.29, 1.82) is 0 Å². The second kappa shape index (κ2) is 4.39. The minimum Gasteiger partial charge on any atom is -0.399 e. The third-order valence-corrected chi connectivity index (χ3v) is 3.76. The normalized spacial score (nSPS) is 30.1. The average molecular weight is 254 g/mol. The van der Waals surface area contributed by atoms with E-state index in [0.29, 0.717) is 17.5 Å². The van der Waals surface area contributed by atoms with Crippen LogP contribution in [0.5, 0.6) is 0 Å². The predicted octanol–water partition coefficient (Wildman–Crippen LogP) is 2.94. The van der Waals surface area contributed by atoms with Gasteiger partial charge in [-0.25, -0.2) is 8.78 Å². The first-order chi connectivity index (χ1) is 8.63. The molecule has 1 aromatic carbocycles. The molecule has 0 saturated carbocycles. The summed E-state index contributed by atoms with van der Waals surface area (Å²) in [5, 5.41) is 3.19. The number of nitrogens with one attached hydrogen (secondary N) is 1. The summed E-state index contributed by atoms with van der Waals surface area (Å²) in [7, 11) is 0. The molecular formula is C13H16F2N2O. The summed E-state index contributed by atoms with van der Waals surface area (Å²) in [6, 6.07) is 4.75. The number of rotatable bonds is 3. The van der Waals surface area contributed by atoms with Gasteiger partial charge in [-0.05, 0) is 37.5 Å². The van der Waals surface area contributed by atoms with Crippen molar-refractivity contribution in [1.82, 2.24) is 0 Å². The smallest absolute Gasteiger partial charge is 0.265 e. The first-order valence-corrected chi connectivity index (χ1v) is 6.23. The Morgan fingerprint density at radius 3 is 2.78 bits per heavy atom. The third kappa shape index (κ3) is 2.03. The molecule has 3 rings (SSSR count). The van der Waals surface area contributed by atoms with Crippen molar-refractivity contribution in [2.24, 2.45) is 0 Å². The maximum absolute atomic E-state index is 12.9. The Morgan fingerprint density at radius 2 is 2.17 bits per heavy atom. The van der Waals surface area contributed by atoms with E-state index >= 15 is 0 Å². The largest absolute Gasteiger partial charge is 0.399 e. The molecule has 0 aromatic heterocycles. The van der Waals surface area contributed by atoms with Gasteiger partial charge in [0.05, 0.1) is 18.2 Å². The van der Waals surface area contributed by atoms with E-state index in [0.717, 1.165) is 19.3 Å². The highest BCUT2D eigenvalue weighted by Crippen LogP contribution is 2.37. The second-order valence-electron chi connectivity index (χ2n) is 5.01. The number of alkyl halides is 2. The lowest BCUT2D eigenvalue weighted by Gasteiger charge is -2.23. The second-order valence-corrected chi connectivity index (χ2v) is 5.01. The van der Waals surface area contributed by atoms with E-state index < -0.39 is 6.43 Å². The summed E-state index contributed by atoms with van der Waals surface area (Å²) in [6.45, 7) is 0. The number of benzene rings is 1. The van der Waals surface area contributed by atoms with Gasteiger partial charge in [0, 0.05) is 16.9 Å². The van der Waals surface area contributed by atoms with Gasteiger partial charge in [0.25, 0.3) is 6.43 Å². The van der Waals surface area contributed by atoms with E-state index in [4.69, 9.17) is 10.5 Å². The Bertz CT molecular complexity index is 453. The standard InChI is InChI=1S/C13H16F2N2O/c14-13(15)9-5-7(16)1-3-10(9)17-11-6-8-2-4-12(11)18-8/h1,3,5,8,11-13,17H,2,4,6,16H2. The van der Waals surface area contributed by atoms with Crippen molar-refractivity contribution in [3.63, 3.8) is 0 Å². The zero-order valence-corrected chi connectivity index (χ0v) is 9.90. The Kier molecular flexibility index (Phi) is 2.86. The Hall–Kier alpha value is -1.36. The number of halogens is 2. The molecule has 2 bridgehead atoms. The van der Waals surface area contributed by atoms with Gasteiger partial charge in [-0.2, -0.15) is 0 Å². The molecule has 2 aliphatic heterocycles. The van der Waals surface area contributed by atoms with Crippen molar-refractivity contribution in [3.05, 3.63) is 23.8 Å². The molecule has 18 heavy (non-hydrogen) atoms. The van der Waals surface area contributed by atoms with E-state index in [1.165, 1.54) is 6.07 Å². The molecule has 3 atom stereocenters. The van der Waals surface area contributed by atoms with Crippen LogP contribution in [0.15, 0.2) is 18.2 Å². The Labute approximate surface area is 104 Å². The van der Waals surface area contributed by atoms with Gasteiger partial charge >= 0.3 is 0 Å². The Balaban J connectivity index is 1.80. The first kappa shape index (κ1) is 11.7. The van der Waals surface area contributed by atoms with E-state index in [2.05, 4.69) is 5.32 Å². The van der Waals surface area contributed by atoms with Gasteiger partial charge < -0.3 is 15.8 Å². The summed E-state index contributed by atoms with van der Waals surface area (Å²) >= 11 is 0. The number of hydrogen-bond donors (Lipinski definition) is 2. The molecule has 98 valence electrons. The zero-order chi connectivity index (χ0) is 12.7. The van der Waals surface area contributed by atoms with Gasteiger partial charge in [-0.3, -0.25) is 0 Å². The fourth-order valence-corrected chi connectivity index (χ4v) is 2.88. The minimum absolute atomic E-state index is 0.0298. The first-order valence-electron chi connectivity index (χ1n) is 6.23. The van der Waals surface area contributed by atoms with Crippen LogP contribution in [0.4, 0.5) is 20.2 Å². The molecule has 3 nitrogen and oxygen atoms in total. The van der Waals surface area contributed by atoms with Crippen molar-refractivity contribution in [3.8, 4) is 0 Å². The topological polar surface area (TPSA) is 47.3 Å². The molecule has 3 N–H and O–H groups in total. The molecule has 2 heterocycles. The highest BCUT2D eigenvalue weighted by atomic mass is 19.3. The molecule has 1 aromatic rings. The van der Waals surface area contributed by atoms with Crippen LogP contribution < -0.4 is 11.1 Å². The van der Waals surface area contributed by atoms with Crippen molar-refractivity contribution < 1.29 is 13.5 Å². The molecule has 0 amide bonds. The Morgan fingerprint density at radius 1 is 1.33 bits per heavy atom. The maximum Gasteiger partial charge on any atom is 0.265 e. The van der Waals surface area contributed by atoms with Crippen LogP contribution in [0.2, 0.25) is 0 Å². The van der Waals surface area contributed by atoms with Crippen molar-refractivity contribution >= 4 is 11.4 Å². The monoisotopic (exact) mass is 254 g/mol. The number of anilines is 2. The molecule has 2 fully saturated rings. The molecule has 3 unspecified atom stereocenters. The van der Waals surface area contributed by atoms with E-state index in [-0.39, 0.29) is 17.7 Å². The van der Waals surface area contributed by atoms with Gasteiger partial charge in [0.15, 0.2) is 0 Å². The van der Waals surface area contributed by atoms with E-state index in [9.17, 15) is 8.78 Å². The molecule has 5 heteroatoms. The molecule has 0 radical (unpaired) electrons. The molecular weight excluding hydrogens is 238 g/mol. The lowest BCUT2D eigenvalue weighted by atomic mass is 9.95. The predicted molar refractivity (Wildman–Crippen MR) is 65.7 cm³/mol. The molecule has 0 spiro atoms. The van der Waals surface area contributed by atoms with E-state index in [1.807, 2.05) is 0 Å². The number of fused-ring (bicyclic) bond motifs is 2. The fourth-order valence-electron chi connectivity index (χ4n) is 2.88. The lowest BCUT2D eigenvalue weighted by Crippen LogP contribution is -2.30. The highest BCUT2D eigenvalue weighted by Gasteiger charge is 2.40. The number of hydrogen-bond acceptors (Lipinski definition) is 3. The molecule has 2 saturated heterocycles. The van der Waals surface area contributed by atoms with Crippen LogP contribution in [-0.2, 0) is 4.74 Å². The summed E-state index contributed by atoms with van der Waals surface area (Å²) in [5.74, 6) is 0. The van der Waals surface area contributed by atoms with Crippen LogP contribution >= 0.6 is 0 Å². The SMILES string of the molecule is Nc1ccc(NC2CC3CCC2O3)c(C(F)F)c1. The van der Waals surface area contributed by atoms with Crippen molar-refractivity contribution in [2.45, 2.75) is 43.9 Å². The summed E-state index contributed by atoms with van der Waals surface area (Å²) in [6.07, 6.45) is 0.954. The van der Waals surface area contributed by atoms with Gasteiger partial charge in [-0.1, -0.05) is 0 Å². The lowest BCUT2D eigenvalue weighted by molar-refractivity contribution is 0.102. The maximum atomic E-state index is 12.9. The number of nitrogens with two attached hydrogens (primary N) is 1. The van der Waals surface area contributed by atoms with Gasteiger partial charge in [0.2, 0.25) is 0 Å². The van der Waals surface area contributed by atoms with Crippen LogP contribution in [0.25, 0.3) is 0 Å². The van der Waals surface area contributed by atoms with Gasteiger partial charge in [0.1, 0.15) is 0 Å². The quantitative estimate of drug-likeness (QED) is 0.815. The van der Waals surface area contributed by atoms with Crippen LogP contribution in [-0.4, -0.2) is 18.2 Å². The van der Waals surface area contributed by atoms with Crippen LogP contribution in [0, 0.1) is 0 Å². The average Bonchev–Trinajstić information content (AvgIpc) is 2.93. The highest BCUT2D eigenvalue weighted by molar-refractivity contribution is 5.59.